The molecule has 0 aliphatic heterocycles. The van der Waals surface area contributed by atoms with Crippen molar-refractivity contribution in [1.29, 1.82) is 0 Å². The van der Waals surface area contributed by atoms with Crippen molar-refractivity contribution in [3.63, 3.8) is 0 Å². The van der Waals surface area contributed by atoms with Crippen LogP contribution in [0.4, 0.5) is 0 Å². The molecular formula is C22H29N. The number of benzene rings is 1. The van der Waals surface area contributed by atoms with E-state index in [1.807, 2.05) is 0 Å². The van der Waals surface area contributed by atoms with Crippen LogP contribution in [0, 0.1) is 17.8 Å². The summed E-state index contributed by atoms with van der Waals surface area (Å²) >= 11 is 0. The van der Waals surface area contributed by atoms with E-state index < -0.39 is 0 Å². The molecule has 3 rings (SSSR count). The molecule has 1 aromatic rings. The highest BCUT2D eigenvalue weighted by Gasteiger charge is 2.34. The lowest BCUT2D eigenvalue weighted by Crippen LogP contribution is -2.08. The highest BCUT2D eigenvalue weighted by atomic mass is 14.7. The lowest BCUT2D eigenvalue weighted by Gasteiger charge is -2.18. The molecule has 0 aromatic heterocycles. The molecule has 0 saturated carbocycles. The molecule has 0 bridgehead atoms. The molecule has 3 atom stereocenters. The van der Waals surface area contributed by atoms with Gasteiger partial charge in [0.25, 0.3) is 0 Å². The SMILES string of the molecule is C=C(C)[C@@H]1CC[C@H](C)C2=C(C1)[C@@H](C)CC2=NCc1ccccc1. The number of allylic oxidation sites excluding steroid dienone is 3. The maximum Gasteiger partial charge on any atom is 0.0643 e. The predicted molar refractivity (Wildman–Crippen MR) is 99.7 cm³/mol. The van der Waals surface area contributed by atoms with Crippen LogP contribution in [0.1, 0.15) is 52.0 Å². The highest BCUT2D eigenvalue weighted by Crippen LogP contribution is 2.44. The van der Waals surface area contributed by atoms with Crippen molar-refractivity contribution >= 4 is 5.71 Å². The molecule has 0 unspecified atom stereocenters. The molecule has 0 radical (unpaired) electrons. The van der Waals surface area contributed by atoms with Crippen LogP contribution >= 0.6 is 0 Å². The van der Waals surface area contributed by atoms with Crippen LogP contribution in [0.15, 0.2) is 58.6 Å². The first kappa shape index (κ1) is 16.2. The average molecular weight is 307 g/mol. The van der Waals surface area contributed by atoms with Crippen LogP contribution in [0.5, 0.6) is 0 Å². The first-order valence-electron chi connectivity index (χ1n) is 9.02. The topological polar surface area (TPSA) is 12.4 Å². The quantitative estimate of drug-likeness (QED) is 0.609. The fraction of sp³-hybridized carbons (Fsp3) is 0.500. The van der Waals surface area contributed by atoms with Crippen LogP contribution in [0.25, 0.3) is 0 Å². The molecule has 1 aromatic carbocycles. The van der Waals surface area contributed by atoms with Crippen LogP contribution in [-0.4, -0.2) is 5.71 Å². The normalized spacial score (nSPS) is 29.5. The van der Waals surface area contributed by atoms with Gasteiger partial charge in [0, 0.05) is 5.71 Å². The predicted octanol–water partition coefficient (Wildman–Crippen LogP) is 5.98. The van der Waals surface area contributed by atoms with Crippen molar-refractivity contribution in [2.75, 3.05) is 0 Å². The molecule has 0 heterocycles. The van der Waals surface area contributed by atoms with Gasteiger partial charge in [0.2, 0.25) is 0 Å². The molecular weight excluding hydrogens is 278 g/mol. The molecule has 23 heavy (non-hydrogen) atoms. The number of hydrogen-bond acceptors (Lipinski definition) is 1. The van der Waals surface area contributed by atoms with E-state index in [-0.39, 0.29) is 0 Å². The van der Waals surface area contributed by atoms with Crippen molar-refractivity contribution in [1.82, 2.24) is 0 Å². The van der Waals surface area contributed by atoms with Gasteiger partial charge >= 0.3 is 0 Å². The molecule has 1 nitrogen and oxygen atoms in total. The minimum Gasteiger partial charge on any atom is -0.285 e. The number of hydrogen-bond donors (Lipinski definition) is 0. The molecule has 2 aliphatic rings. The van der Waals surface area contributed by atoms with Crippen LogP contribution in [-0.2, 0) is 6.54 Å². The van der Waals surface area contributed by atoms with E-state index in [0.29, 0.717) is 17.8 Å². The first-order chi connectivity index (χ1) is 11.1. The van der Waals surface area contributed by atoms with Gasteiger partial charge in [-0.25, -0.2) is 0 Å². The van der Waals surface area contributed by atoms with E-state index in [9.17, 15) is 0 Å². The number of aliphatic imine (C=N–C) groups is 1. The Morgan fingerprint density at radius 2 is 1.83 bits per heavy atom. The Morgan fingerprint density at radius 1 is 1.09 bits per heavy atom. The largest absolute Gasteiger partial charge is 0.285 e. The Labute approximate surface area is 141 Å². The Bertz CT molecular complexity index is 635. The van der Waals surface area contributed by atoms with E-state index in [1.165, 1.54) is 36.1 Å². The molecule has 2 aliphatic carbocycles. The second-order valence-corrected chi connectivity index (χ2v) is 7.52. The van der Waals surface area contributed by atoms with Crippen molar-refractivity contribution in [3.8, 4) is 0 Å². The van der Waals surface area contributed by atoms with Crippen molar-refractivity contribution in [2.45, 2.75) is 53.0 Å². The molecule has 0 fully saturated rings. The van der Waals surface area contributed by atoms with Crippen molar-refractivity contribution in [3.05, 3.63) is 59.2 Å². The zero-order chi connectivity index (χ0) is 16.4. The minimum absolute atomic E-state index is 0.647. The summed E-state index contributed by atoms with van der Waals surface area (Å²) in [6, 6.07) is 10.6. The maximum absolute atomic E-state index is 5.03. The summed E-state index contributed by atoms with van der Waals surface area (Å²) in [5, 5.41) is 0. The average Bonchev–Trinajstić information content (AvgIpc) is 2.73. The van der Waals surface area contributed by atoms with Gasteiger partial charge in [0.1, 0.15) is 0 Å². The zero-order valence-corrected chi connectivity index (χ0v) is 14.8. The van der Waals surface area contributed by atoms with E-state index in [1.54, 1.807) is 11.1 Å². The summed E-state index contributed by atoms with van der Waals surface area (Å²) in [4.78, 5) is 5.03. The van der Waals surface area contributed by atoms with Gasteiger partial charge in [-0.1, -0.05) is 61.9 Å². The summed E-state index contributed by atoms with van der Waals surface area (Å²) in [6.07, 6.45) is 4.89. The lowest BCUT2D eigenvalue weighted by molar-refractivity contribution is 0.494. The summed E-state index contributed by atoms with van der Waals surface area (Å²) < 4.78 is 0. The van der Waals surface area contributed by atoms with Crippen molar-refractivity contribution in [2.24, 2.45) is 22.7 Å². The third-order valence-electron chi connectivity index (χ3n) is 5.65. The van der Waals surface area contributed by atoms with Crippen LogP contribution < -0.4 is 0 Å². The van der Waals surface area contributed by atoms with E-state index in [2.05, 4.69) is 57.7 Å². The minimum atomic E-state index is 0.647. The summed E-state index contributed by atoms with van der Waals surface area (Å²) in [5.41, 5.74) is 7.31. The monoisotopic (exact) mass is 307 g/mol. The fourth-order valence-electron chi connectivity index (χ4n) is 4.19. The Kier molecular flexibility index (Phi) is 4.84. The Morgan fingerprint density at radius 3 is 2.52 bits per heavy atom. The Hall–Kier alpha value is -1.63. The van der Waals surface area contributed by atoms with Gasteiger partial charge in [0.15, 0.2) is 0 Å². The fourth-order valence-corrected chi connectivity index (χ4v) is 4.19. The van der Waals surface area contributed by atoms with E-state index >= 15 is 0 Å². The molecule has 0 amide bonds. The lowest BCUT2D eigenvalue weighted by atomic mass is 9.87. The van der Waals surface area contributed by atoms with Crippen LogP contribution in [0.2, 0.25) is 0 Å². The first-order valence-corrected chi connectivity index (χ1v) is 9.02. The van der Waals surface area contributed by atoms with Gasteiger partial charge in [-0.05, 0) is 61.5 Å². The summed E-state index contributed by atoms with van der Waals surface area (Å²) in [6.45, 7) is 12.0. The molecule has 1 heteroatoms. The molecule has 0 saturated heterocycles. The molecule has 0 N–H and O–H groups in total. The van der Waals surface area contributed by atoms with Gasteiger partial charge in [-0.2, -0.15) is 0 Å². The summed E-state index contributed by atoms with van der Waals surface area (Å²) in [7, 11) is 0. The molecule has 0 spiro atoms. The van der Waals surface area contributed by atoms with E-state index in [0.717, 1.165) is 13.0 Å². The third kappa shape index (κ3) is 3.49. The molecule has 122 valence electrons. The van der Waals surface area contributed by atoms with Gasteiger partial charge < -0.3 is 0 Å². The highest BCUT2D eigenvalue weighted by molar-refractivity contribution is 6.04. The summed E-state index contributed by atoms with van der Waals surface area (Å²) in [5.74, 6) is 1.97. The van der Waals surface area contributed by atoms with Gasteiger partial charge in [0.05, 0.1) is 6.54 Å². The maximum atomic E-state index is 5.03. The number of rotatable bonds is 3. The number of nitrogens with zero attached hydrogens (tertiary/aromatic N) is 1. The van der Waals surface area contributed by atoms with Crippen molar-refractivity contribution < 1.29 is 0 Å². The zero-order valence-electron chi connectivity index (χ0n) is 14.8. The van der Waals surface area contributed by atoms with Gasteiger partial charge in [-0.3, -0.25) is 4.99 Å². The second-order valence-electron chi connectivity index (χ2n) is 7.52. The smallest absolute Gasteiger partial charge is 0.0643 e. The van der Waals surface area contributed by atoms with E-state index in [4.69, 9.17) is 4.99 Å². The standard InChI is InChI=1S/C22H29N/c1-15(2)19-11-10-16(3)22-20(13-19)17(4)12-21(22)23-14-18-8-6-5-7-9-18/h5-9,16-17,19H,1,10-14H2,2-4H3/t16-,17-,19+/m0/s1. The van der Waals surface area contributed by atoms with Crippen LogP contribution in [0.3, 0.4) is 0 Å². The second kappa shape index (κ2) is 6.86. The third-order valence-corrected chi connectivity index (χ3v) is 5.65. The van der Waals surface area contributed by atoms with Gasteiger partial charge in [-0.15, -0.1) is 0 Å². The Balaban J connectivity index is 1.87.